The predicted octanol–water partition coefficient (Wildman–Crippen LogP) is 6.61. The average molecular weight is 387 g/mol. The lowest BCUT2D eigenvalue weighted by atomic mass is 9.61. The Bertz CT molecular complexity index is 706. The first kappa shape index (κ1) is 20.2. The minimum Gasteiger partial charge on any atom is -0.481 e. The number of benzene rings is 1. The lowest BCUT2D eigenvalue weighted by molar-refractivity contribution is -0.137. The summed E-state index contributed by atoms with van der Waals surface area (Å²) in [4.78, 5) is 10.7. The zero-order chi connectivity index (χ0) is 19.2. The number of rotatable bonds is 9. The molecule has 1 saturated carbocycles. The van der Waals surface area contributed by atoms with Crippen LogP contribution in [0, 0.1) is 30.6 Å². The van der Waals surface area contributed by atoms with Crippen LogP contribution in [0.3, 0.4) is 0 Å². The molecule has 1 aromatic rings. The second-order valence-electron chi connectivity index (χ2n) is 8.21. The first-order valence-corrected chi connectivity index (χ1v) is 10.7. The van der Waals surface area contributed by atoms with Crippen LogP contribution in [0.15, 0.2) is 42.5 Å². The van der Waals surface area contributed by atoms with Crippen molar-refractivity contribution in [1.82, 2.24) is 0 Å². The molecule has 2 nitrogen and oxygen atoms in total. The Kier molecular flexibility index (Phi) is 7.18. The van der Waals surface area contributed by atoms with Crippen molar-refractivity contribution in [2.75, 3.05) is 0 Å². The van der Waals surface area contributed by atoms with Crippen LogP contribution >= 0.6 is 11.6 Å². The smallest absolute Gasteiger partial charge is 0.303 e. The number of aryl methyl sites for hydroxylation is 2. The lowest BCUT2D eigenvalue weighted by Gasteiger charge is -2.44. The molecule has 0 unspecified atom stereocenters. The molecule has 0 spiro atoms. The second-order valence-corrected chi connectivity index (χ2v) is 8.64. The summed E-state index contributed by atoms with van der Waals surface area (Å²) in [6.45, 7) is 2.15. The molecule has 27 heavy (non-hydrogen) atoms. The highest BCUT2D eigenvalue weighted by molar-refractivity contribution is 6.30. The summed E-state index contributed by atoms with van der Waals surface area (Å²) in [6.07, 6.45) is 17.6. The standard InChI is InChI=1S/C24H31ClO2/c1-17-16-21(25)15-14-18(17)6-5-8-23-20-12-10-19(11-13-20)22(23)7-3-2-4-9-24(26)27/h3,7,10,12,14-16,19-20,22-23H,2,4-6,8-9,11,13H2,1H3,(H,26,27)/b7-3-/t19-,20+,22-,23-/m0/s1. The highest BCUT2D eigenvalue weighted by Crippen LogP contribution is 2.47. The van der Waals surface area contributed by atoms with E-state index in [1.54, 1.807) is 0 Å². The van der Waals surface area contributed by atoms with Crippen molar-refractivity contribution < 1.29 is 9.90 Å². The number of hydrogen-bond acceptors (Lipinski definition) is 1. The van der Waals surface area contributed by atoms with Crippen LogP contribution in [0.1, 0.15) is 56.1 Å². The van der Waals surface area contributed by atoms with Gasteiger partial charge in [0.05, 0.1) is 0 Å². The predicted molar refractivity (Wildman–Crippen MR) is 112 cm³/mol. The van der Waals surface area contributed by atoms with E-state index in [1.807, 2.05) is 6.07 Å². The van der Waals surface area contributed by atoms with Gasteiger partial charge in [-0.25, -0.2) is 0 Å². The molecule has 0 aliphatic heterocycles. The molecular weight excluding hydrogens is 356 g/mol. The number of allylic oxidation sites excluding steroid dienone is 4. The minimum absolute atomic E-state index is 0.269. The van der Waals surface area contributed by atoms with E-state index >= 15 is 0 Å². The molecule has 1 fully saturated rings. The molecule has 0 aromatic heterocycles. The van der Waals surface area contributed by atoms with Crippen molar-refractivity contribution in [3.05, 3.63) is 58.7 Å². The summed E-state index contributed by atoms with van der Waals surface area (Å²) < 4.78 is 0. The van der Waals surface area contributed by atoms with Crippen LogP contribution in [0.4, 0.5) is 0 Å². The quantitative estimate of drug-likeness (QED) is 0.383. The van der Waals surface area contributed by atoms with Crippen molar-refractivity contribution in [1.29, 1.82) is 0 Å². The van der Waals surface area contributed by atoms with Gasteiger partial charge in [0.2, 0.25) is 0 Å². The number of carboxylic acids is 1. The van der Waals surface area contributed by atoms with E-state index in [9.17, 15) is 4.79 Å². The second kappa shape index (κ2) is 9.59. The fourth-order valence-corrected chi connectivity index (χ4v) is 5.15. The number of unbranched alkanes of at least 4 members (excludes halogenated alkanes) is 1. The van der Waals surface area contributed by atoms with E-state index in [4.69, 9.17) is 16.7 Å². The molecule has 0 saturated heterocycles. The average Bonchev–Trinajstić information content (AvgIpc) is 2.64. The molecule has 1 aromatic carbocycles. The highest BCUT2D eigenvalue weighted by Gasteiger charge is 2.38. The lowest BCUT2D eigenvalue weighted by Crippen LogP contribution is -2.35. The molecule has 0 amide bonds. The Hall–Kier alpha value is -1.54. The molecule has 3 aliphatic rings. The summed E-state index contributed by atoms with van der Waals surface area (Å²) >= 11 is 6.08. The zero-order valence-electron chi connectivity index (χ0n) is 16.2. The molecule has 4 rings (SSSR count). The van der Waals surface area contributed by atoms with Gasteiger partial charge in [-0.3, -0.25) is 4.79 Å². The Morgan fingerprint density at radius 3 is 2.70 bits per heavy atom. The van der Waals surface area contributed by atoms with Gasteiger partial charge in [-0.2, -0.15) is 0 Å². The number of aliphatic carboxylic acids is 1. The van der Waals surface area contributed by atoms with Crippen LogP contribution in [0.25, 0.3) is 0 Å². The molecule has 3 aliphatic carbocycles. The number of fused-ring (bicyclic) bond motifs is 2. The van der Waals surface area contributed by atoms with Gasteiger partial charge >= 0.3 is 5.97 Å². The third kappa shape index (κ3) is 5.48. The third-order valence-electron chi connectivity index (χ3n) is 6.39. The van der Waals surface area contributed by atoms with E-state index in [-0.39, 0.29) is 6.42 Å². The largest absolute Gasteiger partial charge is 0.481 e. The van der Waals surface area contributed by atoms with Crippen LogP contribution in [0.5, 0.6) is 0 Å². The minimum atomic E-state index is -0.696. The maximum atomic E-state index is 10.7. The maximum absolute atomic E-state index is 10.7. The van der Waals surface area contributed by atoms with Crippen molar-refractivity contribution in [2.45, 2.75) is 58.3 Å². The Morgan fingerprint density at radius 1 is 1.22 bits per heavy atom. The van der Waals surface area contributed by atoms with E-state index in [0.29, 0.717) is 11.8 Å². The topological polar surface area (TPSA) is 37.3 Å². The molecule has 146 valence electrons. The number of carbonyl (C=O) groups is 1. The van der Waals surface area contributed by atoms with E-state index in [1.165, 1.54) is 36.8 Å². The summed E-state index contributed by atoms with van der Waals surface area (Å²) in [5, 5.41) is 9.59. The SMILES string of the molecule is Cc1cc(Cl)ccc1CCC[C@@H]1[C@@H](/C=C\CCCC(=O)O)[C@H]2C=C[C@@H]1CC2. The summed E-state index contributed by atoms with van der Waals surface area (Å²) in [7, 11) is 0. The zero-order valence-corrected chi connectivity index (χ0v) is 17.0. The van der Waals surface area contributed by atoms with Gasteiger partial charge in [-0.1, -0.05) is 42.0 Å². The summed E-state index contributed by atoms with van der Waals surface area (Å²) in [5.41, 5.74) is 2.71. The van der Waals surface area contributed by atoms with Crippen molar-refractivity contribution >= 4 is 17.6 Å². The Morgan fingerprint density at radius 2 is 2.00 bits per heavy atom. The Labute approximate surface area is 168 Å². The first-order chi connectivity index (χ1) is 13.0. The van der Waals surface area contributed by atoms with Gasteiger partial charge in [0, 0.05) is 11.4 Å². The van der Waals surface area contributed by atoms with Crippen molar-refractivity contribution in [3.63, 3.8) is 0 Å². The van der Waals surface area contributed by atoms with E-state index < -0.39 is 5.97 Å². The maximum Gasteiger partial charge on any atom is 0.303 e. The van der Waals surface area contributed by atoms with Crippen LogP contribution in [-0.4, -0.2) is 11.1 Å². The van der Waals surface area contributed by atoms with E-state index in [2.05, 4.69) is 43.4 Å². The van der Waals surface area contributed by atoms with Crippen LogP contribution in [-0.2, 0) is 11.2 Å². The monoisotopic (exact) mass is 386 g/mol. The van der Waals surface area contributed by atoms with Crippen LogP contribution < -0.4 is 0 Å². The summed E-state index contributed by atoms with van der Waals surface area (Å²) in [6, 6.07) is 6.23. The molecular formula is C24H31ClO2. The third-order valence-corrected chi connectivity index (χ3v) is 6.62. The van der Waals surface area contributed by atoms with Gasteiger partial charge in [-0.05, 0) is 98.8 Å². The van der Waals surface area contributed by atoms with Crippen molar-refractivity contribution in [3.8, 4) is 0 Å². The van der Waals surface area contributed by atoms with Crippen molar-refractivity contribution in [2.24, 2.45) is 23.7 Å². The van der Waals surface area contributed by atoms with Gasteiger partial charge in [-0.15, -0.1) is 0 Å². The molecule has 3 heteroatoms. The fourth-order valence-electron chi connectivity index (χ4n) is 4.93. The highest BCUT2D eigenvalue weighted by atomic mass is 35.5. The fraction of sp³-hybridized carbons (Fsp3) is 0.542. The van der Waals surface area contributed by atoms with Gasteiger partial charge < -0.3 is 5.11 Å². The number of halogens is 1. The van der Waals surface area contributed by atoms with Gasteiger partial charge in [0.1, 0.15) is 0 Å². The van der Waals surface area contributed by atoms with Crippen LogP contribution in [0.2, 0.25) is 5.02 Å². The van der Waals surface area contributed by atoms with Gasteiger partial charge in [0.15, 0.2) is 0 Å². The van der Waals surface area contributed by atoms with E-state index in [0.717, 1.165) is 36.1 Å². The molecule has 0 heterocycles. The first-order valence-electron chi connectivity index (χ1n) is 10.4. The molecule has 4 atom stereocenters. The molecule has 1 N–H and O–H groups in total. The molecule has 0 radical (unpaired) electrons. The summed E-state index contributed by atoms with van der Waals surface area (Å²) in [5.74, 6) is 2.06. The Balaban J connectivity index is 1.55. The number of carboxylic acid groups (broad SMARTS) is 1. The number of hydrogen-bond donors (Lipinski definition) is 1. The van der Waals surface area contributed by atoms with Gasteiger partial charge in [0.25, 0.3) is 0 Å². The molecule has 2 bridgehead atoms. The normalized spacial score (nSPS) is 26.7.